The number of alkyl halides is 1. The van der Waals surface area contributed by atoms with Gasteiger partial charge in [0.25, 0.3) is 0 Å². The van der Waals surface area contributed by atoms with Gasteiger partial charge in [-0.15, -0.1) is 11.6 Å². The summed E-state index contributed by atoms with van der Waals surface area (Å²) in [6.07, 6.45) is 1.50. The van der Waals surface area contributed by atoms with Gasteiger partial charge < -0.3 is 25.4 Å². The number of methoxy groups -OCH3 is 2. The number of carbonyl (C=O) groups is 1. The predicted molar refractivity (Wildman–Crippen MR) is 100 cm³/mol. The molecule has 1 aromatic carbocycles. The van der Waals surface area contributed by atoms with Gasteiger partial charge in [0.1, 0.15) is 12.7 Å². The molecule has 0 aliphatic carbocycles. The van der Waals surface area contributed by atoms with Crippen LogP contribution in [0.5, 0.6) is 11.5 Å². The van der Waals surface area contributed by atoms with E-state index in [4.69, 9.17) is 26.8 Å². The number of carboxylic acid groups (broad SMARTS) is 1. The number of halogens is 1. The lowest BCUT2D eigenvalue weighted by molar-refractivity contribution is -0.164. The topological polar surface area (TPSA) is 133 Å². The first kappa shape index (κ1) is 20.7. The number of nitrogens with two attached hydrogens (primary N) is 1. The van der Waals surface area contributed by atoms with Crippen LogP contribution >= 0.6 is 11.6 Å². The minimum Gasteiger partial charge on any atom is -0.493 e. The molecule has 0 saturated heterocycles. The number of carboxylic acids is 1. The van der Waals surface area contributed by atoms with E-state index in [-0.39, 0.29) is 18.5 Å². The second-order valence-corrected chi connectivity index (χ2v) is 6.03. The van der Waals surface area contributed by atoms with Crippen molar-refractivity contribution < 1.29 is 24.5 Å². The van der Waals surface area contributed by atoms with Gasteiger partial charge in [0.15, 0.2) is 11.5 Å². The third-order valence-electron chi connectivity index (χ3n) is 4.06. The van der Waals surface area contributed by atoms with Gasteiger partial charge in [0.2, 0.25) is 11.8 Å². The maximum Gasteiger partial charge on any atom is 0.320 e. The highest BCUT2D eigenvalue weighted by Crippen LogP contribution is 2.27. The molecule has 2 rings (SSSR count). The van der Waals surface area contributed by atoms with Crippen molar-refractivity contribution in [3.05, 3.63) is 23.8 Å². The lowest BCUT2D eigenvalue weighted by atomic mass is 10.2. The molecule has 4 N–H and O–H groups in total. The highest BCUT2D eigenvalue weighted by Gasteiger charge is 2.44. The molecule has 0 bridgehead atoms. The first-order valence-electron chi connectivity index (χ1n) is 7.92. The first-order chi connectivity index (χ1) is 12.8. The van der Waals surface area contributed by atoms with Gasteiger partial charge in [-0.3, -0.25) is 4.79 Å². The van der Waals surface area contributed by atoms with Crippen molar-refractivity contribution in [3.63, 3.8) is 0 Å². The number of nitrogens with zero attached hydrogens (tertiary/aromatic N) is 4. The molecule has 1 aliphatic rings. The standard InChI is InChI=1S/C16H22ClN5O5/c1-10(14(23)24)21-9-22(15(18)20-16(21,25)8-17)19-7-11-4-5-12(26-2)13(6-11)27-3/h4-7,10,25H,8-9H2,1-3H3,(H2,18,20)(H,23,24)/b19-7+. The zero-order valence-electron chi connectivity index (χ0n) is 15.2. The summed E-state index contributed by atoms with van der Waals surface area (Å²) in [4.78, 5) is 16.4. The normalized spacial score (nSPS) is 21.8. The van der Waals surface area contributed by atoms with Crippen LogP contribution in [-0.4, -0.2) is 76.9 Å². The monoisotopic (exact) mass is 399 g/mol. The molecule has 2 unspecified atom stereocenters. The minimum absolute atomic E-state index is 0.0938. The SMILES string of the molecule is COc1ccc(/C=N/N2CN(C(C)C(=O)O)C(O)(CCl)N=C2N)cc1OC. The molecule has 11 heteroatoms. The second kappa shape index (κ2) is 8.42. The van der Waals surface area contributed by atoms with E-state index in [1.54, 1.807) is 18.2 Å². The van der Waals surface area contributed by atoms with Crippen LogP contribution < -0.4 is 15.2 Å². The van der Waals surface area contributed by atoms with Crippen molar-refractivity contribution in [1.29, 1.82) is 0 Å². The average molecular weight is 400 g/mol. The Labute approximate surface area is 161 Å². The summed E-state index contributed by atoms with van der Waals surface area (Å²) in [5, 5.41) is 25.3. The van der Waals surface area contributed by atoms with Gasteiger partial charge in [0.05, 0.1) is 26.3 Å². The summed E-state index contributed by atoms with van der Waals surface area (Å²) in [6, 6.07) is 4.13. The fourth-order valence-corrected chi connectivity index (χ4v) is 2.69. The molecule has 0 saturated carbocycles. The van der Waals surface area contributed by atoms with E-state index in [9.17, 15) is 15.0 Å². The van der Waals surface area contributed by atoms with Crippen LogP contribution in [-0.2, 0) is 4.79 Å². The maximum absolute atomic E-state index is 11.3. The molecule has 2 atom stereocenters. The van der Waals surface area contributed by atoms with E-state index in [1.807, 2.05) is 0 Å². The van der Waals surface area contributed by atoms with Crippen molar-refractivity contribution in [1.82, 2.24) is 9.91 Å². The van der Waals surface area contributed by atoms with E-state index in [0.717, 1.165) is 0 Å². The summed E-state index contributed by atoms with van der Waals surface area (Å²) in [7, 11) is 3.05. The van der Waals surface area contributed by atoms with E-state index < -0.39 is 17.9 Å². The Balaban J connectivity index is 2.29. The van der Waals surface area contributed by atoms with Crippen LogP contribution in [0.25, 0.3) is 0 Å². The highest BCUT2D eigenvalue weighted by molar-refractivity contribution is 6.18. The summed E-state index contributed by atoms with van der Waals surface area (Å²) in [6.45, 7) is 1.29. The van der Waals surface area contributed by atoms with Gasteiger partial charge in [-0.25, -0.2) is 14.9 Å². The van der Waals surface area contributed by atoms with Crippen LogP contribution in [0.15, 0.2) is 28.3 Å². The smallest absolute Gasteiger partial charge is 0.320 e. The average Bonchev–Trinajstić information content (AvgIpc) is 2.66. The van der Waals surface area contributed by atoms with Crippen LogP contribution in [0.3, 0.4) is 0 Å². The quantitative estimate of drug-likeness (QED) is 0.440. The zero-order valence-corrected chi connectivity index (χ0v) is 15.9. The Morgan fingerprint density at radius 3 is 2.70 bits per heavy atom. The summed E-state index contributed by atoms with van der Waals surface area (Å²) in [5.41, 5.74) is 6.55. The predicted octanol–water partition coefficient (Wildman–Crippen LogP) is 0.286. The fraction of sp³-hybridized carbons (Fsp3) is 0.438. The Morgan fingerprint density at radius 2 is 2.15 bits per heavy atom. The number of ether oxygens (including phenoxy) is 2. The number of aliphatic imine (C=N–C) groups is 1. The van der Waals surface area contributed by atoms with Crippen LogP contribution in [0.2, 0.25) is 0 Å². The molecule has 148 valence electrons. The molecular formula is C16H22ClN5O5. The second-order valence-electron chi connectivity index (χ2n) is 5.76. The fourth-order valence-electron chi connectivity index (χ4n) is 2.47. The molecule has 0 fully saturated rings. The van der Waals surface area contributed by atoms with Crippen LogP contribution in [0.4, 0.5) is 0 Å². The summed E-state index contributed by atoms with van der Waals surface area (Å²) < 4.78 is 10.4. The molecular weight excluding hydrogens is 378 g/mol. The lowest BCUT2D eigenvalue weighted by Gasteiger charge is -2.43. The molecule has 0 spiro atoms. The van der Waals surface area contributed by atoms with Crippen molar-refractivity contribution in [3.8, 4) is 11.5 Å². The van der Waals surface area contributed by atoms with E-state index in [2.05, 4.69) is 10.1 Å². The molecule has 1 aromatic rings. The zero-order chi connectivity index (χ0) is 20.2. The number of hydrogen-bond acceptors (Lipinski definition) is 9. The number of aliphatic hydroxyl groups is 1. The number of guanidine groups is 1. The molecule has 1 aliphatic heterocycles. The lowest BCUT2D eigenvalue weighted by Crippen LogP contribution is -2.63. The third-order valence-corrected chi connectivity index (χ3v) is 4.42. The first-order valence-corrected chi connectivity index (χ1v) is 8.46. The van der Waals surface area contributed by atoms with Crippen molar-refractivity contribution in [2.75, 3.05) is 26.8 Å². The van der Waals surface area contributed by atoms with Gasteiger partial charge in [0, 0.05) is 0 Å². The van der Waals surface area contributed by atoms with Crippen molar-refractivity contribution in [2.24, 2.45) is 15.8 Å². The molecule has 0 radical (unpaired) electrons. The van der Waals surface area contributed by atoms with Crippen molar-refractivity contribution >= 4 is 29.7 Å². The van der Waals surface area contributed by atoms with Crippen LogP contribution in [0, 0.1) is 0 Å². The van der Waals surface area contributed by atoms with Crippen LogP contribution in [0.1, 0.15) is 12.5 Å². The maximum atomic E-state index is 11.3. The van der Waals surface area contributed by atoms with E-state index in [1.165, 1.54) is 37.3 Å². The molecule has 1 heterocycles. The summed E-state index contributed by atoms with van der Waals surface area (Å²) in [5.74, 6) is -2.42. The Hall–Kier alpha value is -2.56. The largest absolute Gasteiger partial charge is 0.493 e. The Kier molecular flexibility index (Phi) is 6.47. The summed E-state index contributed by atoms with van der Waals surface area (Å²) >= 11 is 5.78. The highest BCUT2D eigenvalue weighted by atomic mass is 35.5. The van der Waals surface area contributed by atoms with Gasteiger partial charge in [-0.2, -0.15) is 5.10 Å². The van der Waals surface area contributed by atoms with Gasteiger partial charge in [-0.1, -0.05) is 0 Å². The molecule has 0 amide bonds. The number of benzene rings is 1. The molecule has 27 heavy (non-hydrogen) atoms. The minimum atomic E-state index is -1.93. The number of rotatable bonds is 7. The van der Waals surface area contributed by atoms with E-state index in [0.29, 0.717) is 17.1 Å². The Morgan fingerprint density at radius 1 is 1.48 bits per heavy atom. The molecule has 10 nitrogen and oxygen atoms in total. The van der Waals surface area contributed by atoms with Crippen molar-refractivity contribution in [2.45, 2.75) is 18.8 Å². The Bertz CT molecular complexity index is 759. The van der Waals surface area contributed by atoms with Gasteiger partial charge >= 0.3 is 5.97 Å². The van der Waals surface area contributed by atoms with E-state index >= 15 is 0 Å². The number of hydrogen-bond donors (Lipinski definition) is 3. The number of aliphatic carboxylic acids is 1. The third kappa shape index (κ3) is 4.41. The van der Waals surface area contributed by atoms with Gasteiger partial charge in [-0.05, 0) is 30.7 Å². The number of hydrazone groups is 1. The molecule has 0 aromatic heterocycles.